The van der Waals surface area contributed by atoms with Crippen LogP contribution in [-0.4, -0.2) is 105 Å². The summed E-state index contributed by atoms with van der Waals surface area (Å²) in [6.45, 7) is 4.42. The molecule has 13 atom stereocenters. The quantitative estimate of drug-likeness (QED) is 0.455. The Balaban J connectivity index is 1.37. The molecule has 1 aromatic rings. The maximum Gasteiger partial charge on any atom is 0.338 e. The van der Waals surface area contributed by atoms with Crippen molar-refractivity contribution in [1.29, 1.82) is 0 Å². The van der Waals surface area contributed by atoms with Gasteiger partial charge in [-0.3, -0.25) is 4.90 Å². The van der Waals surface area contributed by atoms with Crippen LogP contribution in [0.25, 0.3) is 0 Å². The normalized spacial score (nSPS) is 49.1. The van der Waals surface area contributed by atoms with Crippen molar-refractivity contribution in [3.8, 4) is 5.75 Å². The fourth-order valence-corrected chi connectivity index (χ4v) is 11.8. The average Bonchev–Trinajstić information content (AvgIpc) is 3.40. The molecule has 2 N–H and O–H groups in total. The van der Waals surface area contributed by atoms with E-state index in [1.54, 1.807) is 52.7 Å². The van der Waals surface area contributed by atoms with Crippen molar-refractivity contribution in [2.75, 3.05) is 48.1 Å². The zero-order valence-electron chi connectivity index (χ0n) is 24.8. The van der Waals surface area contributed by atoms with E-state index in [4.69, 9.17) is 23.7 Å². The topological polar surface area (TPSA) is 107 Å². The van der Waals surface area contributed by atoms with Crippen LogP contribution in [0.15, 0.2) is 24.3 Å². The van der Waals surface area contributed by atoms with Gasteiger partial charge in [0.05, 0.1) is 43.2 Å². The van der Waals surface area contributed by atoms with Crippen LogP contribution < -0.4 is 4.74 Å². The van der Waals surface area contributed by atoms with Gasteiger partial charge in [-0.15, -0.1) is 0 Å². The van der Waals surface area contributed by atoms with Crippen molar-refractivity contribution in [3.63, 3.8) is 0 Å². The van der Waals surface area contributed by atoms with Gasteiger partial charge < -0.3 is 33.9 Å². The number of esters is 1. The summed E-state index contributed by atoms with van der Waals surface area (Å²) in [5, 5.41) is 25.4. The zero-order chi connectivity index (χ0) is 28.9. The zero-order valence-corrected chi connectivity index (χ0v) is 24.8. The number of methoxy groups -OCH3 is 4. The molecule has 41 heavy (non-hydrogen) atoms. The van der Waals surface area contributed by atoms with Crippen LogP contribution in [0, 0.1) is 40.4 Å². The van der Waals surface area contributed by atoms with Crippen molar-refractivity contribution in [2.45, 2.75) is 68.7 Å². The summed E-state index contributed by atoms with van der Waals surface area (Å²) in [4.78, 5) is 16.1. The number of piperidine rings is 1. The molecule has 6 aliphatic rings. The summed E-state index contributed by atoms with van der Waals surface area (Å²) >= 11 is 0. The molecule has 226 valence electrons. The van der Waals surface area contributed by atoms with Crippen LogP contribution in [0.5, 0.6) is 5.75 Å². The van der Waals surface area contributed by atoms with Crippen LogP contribution >= 0.6 is 0 Å². The molecule has 1 aliphatic heterocycles. The predicted molar refractivity (Wildman–Crippen MR) is 148 cm³/mol. The number of aliphatic hydroxyl groups excluding tert-OH is 1. The first kappa shape index (κ1) is 28.0. The van der Waals surface area contributed by atoms with Crippen molar-refractivity contribution in [3.05, 3.63) is 29.8 Å². The van der Waals surface area contributed by atoms with E-state index >= 15 is 0 Å². The summed E-state index contributed by atoms with van der Waals surface area (Å²) in [6, 6.07) is 6.91. The largest absolute Gasteiger partial charge is 0.497 e. The van der Waals surface area contributed by atoms with Gasteiger partial charge in [-0.2, -0.15) is 0 Å². The summed E-state index contributed by atoms with van der Waals surface area (Å²) in [5.74, 6) is -0.558. The first-order valence-electron chi connectivity index (χ1n) is 15.3. The number of benzene rings is 1. The minimum Gasteiger partial charge on any atom is -0.497 e. The number of likely N-dealkylation sites (tertiary alicyclic amines) is 1. The molecule has 1 spiro atoms. The third-order valence-corrected chi connectivity index (χ3v) is 12.7. The second-order valence-corrected chi connectivity index (χ2v) is 13.7. The molecular weight excluding hydrogens is 526 g/mol. The highest BCUT2D eigenvalue weighted by Crippen LogP contribution is 2.79. The lowest BCUT2D eigenvalue weighted by molar-refractivity contribution is -0.276. The van der Waals surface area contributed by atoms with Gasteiger partial charge in [0.1, 0.15) is 11.9 Å². The Morgan fingerprint density at radius 2 is 1.85 bits per heavy atom. The number of fused-ring (bicyclic) bond motifs is 2. The van der Waals surface area contributed by atoms with Crippen LogP contribution in [0.3, 0.4) is 0 Å². The molecule has 6 fully saturated rings. The maximum absolute atomic E-state index is 13.6. The Morgan fingerprint density at radius 1 is 1.10 bits per heavy atom. The van der Waals surface area contributed by atoms with E-state index in [0.29, 0.717) is 24.3 Å². The molecule has 7 bridgehead atoms. The van der Waals surface area contributed by atoms with Crippen molar-refractivity contribution < 1.29 is 38.7 Å². The van der Waals surface area contributed by atoms with Gasteiger partial charge in [-0.25, -0.2) is 4.79 Å². The predicted octanol–water partition coefficient (Wildman–Crippen LogP) is 2.38. The molecule has 5 saturated carbocycles. The molecular formula is C32H45NO8. The van der Waals surface area contributed by atoms with Crippen LogP contribution in [0.2, 0.25) is 0 Å². The molecule has 5 aliphatic carbocycles. The Hall–Kier alpha value is -1.75. The lowest BCUT2D eigenvalue weighted by Gasteiger charge is -2.69. The van der Waals surface area contributed by atoms with Crippen LogP contribution in [0.1, 0.15) is 43.0 Å². The molecule has 0 aromatic heterocycles. The highest BCUT2D eigenvalue weighted by Gasteiger charge is 2.86. The van der Waals surface area contributed by atoms with E-state index in [0.717, 1.165) is 32.4 Å². The number of hydrogen-bond donors (Lipinski definition) is 2. The van der Waals surface area contributed by atoms with E-state index in [1.807, 2.05) is 0 Å². The lowest BCUT2D eigenvalue weighted by Crippen LogP contribution is -2.76. The van der Waals surface area contributed by atoms with E-state index < -0.39 is 29.7 Å². The highest BCUT2D eigenvalue weighted by atomic mass is 16.6. The Labute approximate surface area is 242 Å². The third-order valence-electron chi connectivity index (χ3n) is 12.7. The van der Waals surface area contributed by atoms with Crippen molar-refractivity contribution in [2.24, 2.45) is 40.4 Å². The standard InChI is InChI=1S/C32H45NO8/c1-6-33-15-30(16-37-2)12-11-22(40-5)32-20-13-19-21(39-4)14-31(36,24(28(32)33)25(34)27(30)32)23(20)26(19)41-29(35)17-7-9-18(38-3)10-8-17/h7-10,19-28,34,36H,6,11-16H2,1-5H3/t19-,20-,21+,22+,23-,24+,25+,26+,27-,28-,30+,31-,32+/m1/s1. The molecule has 0 amide bonds. The van der Waals surface area contributed by atoms with Gasteiger partial charge in [-0.1, -0.05) is 6.92 Å². The first-order chi connectivity index (χ1) is 19.7. The van der Waals surface area contributed by atoms with Crippen molar-refractivity contribution >= 4 is 5.97 Å². The second-order valence-electron chi connectivity index (χ2n) is 13.7. The van der Waals surface area contributed by atoms with Gasteiger partial charge in [0.25, 0.3) is 0 Å². The van der Waals surface area contributed by atoms with Crippen LogP contribution in [0.4, 0.5) is 0 Å². The molecule has 1 heterocycles. The van der Waals surface area contributed by atoms with Crippen molar-refractivity contribution in [1.82, 2.24) is 4.90 Å². The fourth-order valence-electron chi connectivity index (χ4n) is 11.8. The molecule has 0 unspecified atom stereocenters. The van der Waals surface area contributed by atoms with Gasteiger partial charge in [-0.05, 0) is 56.0 Å². The van der Waals surface area contributed by atoms with Gasteiger partial charge >= 0.3 is 5.97 Å². The number of rotatable bonds is 8. The van der Waals surface area contributed by atoms with E-state index in [1.165, 1.54) is 0 Å². The molecule has 0 radical (unpaired) electrons. The summed E-state index contributed by atoms with van der Waals surface area (Å²) in [5.41, 5.74) is -1.41. The molecule has 1 saturated heterocycles. The number of hydrogen-bond acceptors (Lipinski definition) is 9. The number of carbonyl (C=O) groups is 1. The SMILES string of the molecule is CCN1C[C@]2(COC)CC[C@H](OC)[C@@]34[C@@H]5C[C@H]6[C@H](OC(=O)c7ccc(OC)cc7)[C@@H]5[C@](O)(C[C@@H]6OC)[C@@H]([C@H](O)[C@H]23)[C@@H]14. The minimum absolute atomic E-state index is 0.00514. The minimum atomic E-state index is -1.25. The molecule has 9 nitrogen and oxygen atoms in total. The maximum atomic E-state index is 13.6. The Kier molecular flexibility index (Phi) is 6.59. The highest BCUT2D eigenvalue weighted by molar-refractivity contribution is 5.89. The van der Waals surface area contributed by atoms with Gasteiger partial charge in [0.2, 0.25) is 0 Å². The van der Waals surface area contributed by atoms with Crippen LogP contribution in [-0.2, 0) is 18.9 Å². The number of ether oxygens (including phenoxy) is 5. The summed E-state index contributed by atoms with van der Waals surface area (Å²) in [6.07, 6.45) is 1.42. The third kappa shape index (κ3) is 3.36. The fraction of sp³-hybridized carbons (Fsp3) is 0.781. The average molecular weight is 572 g/mol. The van der Waals surface area contributed by atoms with E-state index in [-0.39, 0.29) is 52.8 Å². The lowest BCUT2D eigenvalue weighted by atomic mass is 9.43. The van der Waals surface area contributed by atoms with Gasteiger partial charge in [0, 0.05) is 74.8 Å². The molecule has 9 heteroatoms. The van der Waals surface area contributed by atoms with E-state index in [2.05, 4.69) is 11.8 Å². The van der Waals surface area contributed by atoms with E-state index in [9.17, 15) is 15.0 Å². The smallest absolute Gasteiger partial charge is 0.338 e. The van der Waals surface area contributed by atoms with Gasteiger partial charge in [0.15, 0.2) is 0 Å². The molecule has 7 rings (SSSR count). The number of aliphatic hydroxyl groups is 2. The summed E-state index contributed by atoms with van der Waals surface area (Å²) in [7, 11) is 6.83. The molecule has 1 aromatic carbocycles. The monoisotopic (exact) mass is 571 g/mol. The Morgan fingerprint density at radius 3 is 2.49 bits per heavy atom. The number of nitrogens with zero attached hydrogens (tertiary/aromatic N) is 1. The summed E-state index contributed by atoms with van der Waals surface area (Å²) < 4.78 is 30.0. The number of carbonyl (C=O) groups excluding carboxylic acids is 1. The first-order valence-corrected chi connectivity index (χ1v) is 15.3. The Bertz CT molecular complexity index is 1180. The second kappa shape index (κ2) is 9.63.